The fraction of sp³-hybridized carbons (Fsp3) is 0.417. The molecule has 0 aromatic heterocycles. The summed E-state index contributed by atoms with van der Waals surface area (Å²) in [6.07, 6.45) is 1.75. The van der Waals surface area contributed by atoms with Gasteiger partial charge in [0.1, 0.15) is 5.75 Å². The number of ether oxygens (including phenoxy) is 1. The Balaban J connectivity index is 0.00000480. The number of nitrogens with one attached hydrogen (secondary N) is 3. The maximum atomic E-state index is 12.2. The Morgan fingerprint density at radius 3 is 2.45 bits per heavy atom. The Labute approximate surface area is 203 Å². The van der Waals surface area contributed by atoms with Crippen molar-refractivity contribution in [3.63, 3.8) is 0 Å². The Morgan fingerprint density at radius 1 is 1.13 bits per heavy atom. The summed E-state index contributed by atoms with van der Waals surface area (Å²) in [6.45, 7) is 7.51. The first kappa shape index (κ1) is 26.7. The Bertz CT molecular complexity index is 853. The van der Waals surface area contributed by atoms with Gasteiger partial charge in [-0.1, -0.05) is 36.8 Å². The van der Waals surface area contributed by atoms with Gasteiger partial charge in [-0.3, -0.25) is 9.79 Å². The highest BCUT2D eigenvalue weighted by Crippen LogP contribution is 2.19. The van der Waals surface area contributed by atoms with Crippen molar-refractivity contribution in [1.82, 2.24) is 16.0 Å². The van der Waals surface area contributed by atoms with Gasteiger partial charge in [0.15, 0.2) is 5.96 Å². The molecule has 0 fully saturated rings. The smallest absolute Gasteiger partial charge is 0.251 e. The normalized spacial score (nSPS) is 11.8. The standard InChI is InChI=1S/C24H34N4O2.HI/c1-6-18(3)28-23(29)20-10-8-19(9-11-20)16-27-24(25-4)26-14-13-21-15-17(2)7-12-22(21)30-5;/h7-12,15,18H,6,13-14,16H2,1-5H3,(H,28,29)(H2,25,26,27);1H. The van der Waals surface area contributed by atoms with Gasteiger partial charge in [0.05, 0.1) is 7.11 Å². The van der Waals surface area contributed by atoms with Crippen LogP contribution in [-0.2, 0) is 13.0 Å². The number of aryl methyl sites for hydroxylation is 1. The lowest BCUT2D eigenvalue weighted by Gasteiger charge is -2.14. The Morgan fingerprint density at radius 2 is 1.84 bits per heavy atom. The lowest BCUT2D eigenvalue weighted by atomic mass is 10.1. The van der Waals surface area contributed by atoms with Gasteiger partial charge in [0.25, 0.3) is 5.91 Å². The van der Waals surface area contributed by atoms with Gasteiger partial charge in [-0.05, 0) is 56.0 Å². The zero-order valence-corrected chi connectivity index (χ0v) is 21.4. The second-order valence-corrected chi connectivity index (χ2v) is 7.40. The molecule has 6 nitrogen and oxygen atoms in total. The molecule has 0 aliphatic heterocycles. The fourth-order valence-corrected chi connectivity index (χ4v) is 3.01. The first-order valence-electron chi connectivity index (χ1n) is 10.4. The highest BCUT2D eigenvalue weighted by Gasteiger charge is 2.08. The summed E-state index contributed by atoms with van der Waals surface area (Å²) in [5.74, 6) is 1.61. The summed E-state index contributed by atoms with van der Waals surface area (Å²) < 4.78 is 5.44. The quantitative estimate of drug-likeness (QED) is 0.256. The van der Waals surface area contributed by atoms with Crippen LogP contribution in [0.15, 0.2) is 47.5 Å². The van der Waals surface area contributed by atoms with Crippen molar-refractivity contribution < 1.29 is 9.53 Å². The molecule has 0 heterocycles. The third kappa shape index (κ3) is 8.77. The second-order valence-electron chi connectivity index (χ2n) is 7.40. The number of aliphatic imine (C=N–C) groups is 1. The predicted octanol–water partition coefficient (Wildman–Crippen LogP) is 4.06. The molecule has 1 atom stereocenters. The molecule has 1 unspecified atom stereocenters. The van der Waals surface area contributed by atoms with Crippen LogP contribution in [0.2, 0.25) is 0 Å². The minimum atomic E-state index is -0.0343. The van der Waals surface area contributed by atoms with Crippen LogP contribution in [0, 0.1) is 6.92 Å². The van der Waals surface area contributed by atoms with Crippen LogP contribution in [0.3, 0.4) is 0 Å². The molecule has 0 radical (unpaired) electrons. The van der Waals surface area contributed by atoms with Crippen molar-refractivity contribution >= 4 is 35.8 Å². The number of amides is 1. The molecule has 0 saturated heterocycles. The van der Waals surface area contributed by atoms with Crippen molar-refractivity contribution in [2.75, 3.05) is 20.7 Å². The van der Waals surface area contributed by atoms with E-state index in [-0.39, 0.29) is 35.9 Å². The van der Waals surface area contributed by atoms with Crippen LogP contribution in [0.4, 0.5) is 0 Å². The molecule has 2 rings (SSSR count). The predicted molar refractivity (Wildman–Crippen MR) is 139 cm³/mol. The van der Waals surface area contributed by atoms with Gasteiger partial charge in [-0.25, -0.2) is 0 Å². The lowest BCUT2D eigenvalue weighted by molar-refractivity contribution is 0.0939. The van der Waals surface area contributed by atoms with Crippen LogP contribution in [0.5, 0.6) is 5.75 Å². The summed E-state index contributed by atoms with van der Waals surface area (Å²) in [6, 6.07) is 14.0. The molecule has 2 aromatic rings. The number of rotatable bonds is 9. The number of hydrogen-bond donors (Lipinski definition) is 3. The maximum absolute atomic E-state index is 12.2. The number of nitrogens with zero attached hydrogens (tertiary/aromatic N) is 1. The van der Waals surface area contributed by atoms with E-state index < -0.39 is 0 Å². The summed E-state index contributed by atoms with van der Waals surface area (Å²) >= 11 is 0. The molecular formula is C24H35IN4O2. The van der Waals surface area contributed by atoms with Crippen molar-refractivity contribution in [3.8, 4) is 5.75 Å². The fourth-order valence-electron chi connectivity index (χ4n) is 3.01. The van der Waals surface area contributed by atoms with Gasteiger partial charge in [-0.2, -0.15) is 0 Å². The molecule has 1 amide bonds. The summed E-state index contributed by atoms with van der Waals surface area (Å²) in [4.78, 5) is 16.5. The van der Waals surface area contributed by atoms with E-state index in [9.17, 15) is 4.79 Å². The van der Waals surface area contributed by atoms with E-state index >= 15 is 0 Å². The van der Waals surface area contributed by atoms with Crippen molar-refractivity contribution in [2.45, 2.75) is 46.2 Å². The van der Waals surface area contributed by atoms with Crippen LogP contribution < -0.4 is 20.7 Å². The van der Waals surface area contributed by atoms with E-state index in [1.54, 1.807) is 14.2 Å². The molecule has 0 saturated carbocycles. The van der Waals surface area contributed by atoms with Gasteiger partial charge in [-0.15, -0.1) is 24.0 Å². The van der Waals surface area contributed by atoms with Crippen LogP contribution in [0.1, 0.15) is 47.3 Å². The summed E-state index contributed by atoms with van der Waals surface area (Å²) in [5.41, 5.74) is 4.15. The minimum Gasteiger partial charge on any atom is -0.496 e. The highest BCUT2D eigenvalue weighted by atomic mass is 127. The average Bonchev–Trinajstić information content (AvgIpc) is 2.76. The molecule has 7 heteroatoms. The minimum absolute atomic E-state index is 0. The molecule has 170 valence electrons. The molecule has 3 N–H and O–H groups in total. The molecule has 0 aliphatic carbocycles. The van der Waals surface area contributed by atoms with Crippen molar-refractivity contribution in [3.05, 3.63) is 64.7 Å². The third-order valence-corrected chi connectivity index (χ3v) is 5.01. The van der Waals surface area contributed by atoms with E-state index in [0.717, 1.165) is 36.7 Å². The zero-order chi connectivity index (χ0) is 21.9. The van der Waals surface area contributed by atoms with Crippen molar-refractivity contribution in [1.29, 1.82) is 0 Å². The van der Waals surface area contributed by atoms with Gasteiger partial charge < -0.3 is 20.7 Å². The number of benzene rings is 2. The number of halogens is 1. The number of carbonyl (C=O) groups excluding carboxylic acids is 1. The third-order valence-electron chi connectivity index (χ3n) is 5.01. The first-order chi connectivity index (χ1) is 14.5. The Hall–Kier alpha value is -2.29. The molecule has 31 heavy (non-hydrogen) atoms. The summed E-state index contributed by atoms with van der Waals surface area (Å²) in [7, 11) is 3.45. The number of guanidine groups is 1. The topological polar surface area (TPSA) is 74.8 Å². The van der Waals surface area contributed by atoms with E-state index in [1.165, 1.54) is 11.1 Å². The van der Waals surface area contributed by atoms with E-state index in [0.29, 0.717) is 12.1 Å². The van der Waals surface area contributed by atoms with Gasteiger partial charge >= 0.3 is 0 Å². The summed E-state index contributed by atoms with van der Waals surface area (Å²) in [5, 5.41) is 9.63. The SMILES string of the molecule is CCC(C)NC(=O)c1ccc(CNC(=NC)NCCc2cc(C)ccc2OC)cc1.I. The monoisotopic (exact) mass is 538 g/mol. The van der Waals surface area contributed by atoms with Crippen LogP contribution in [0.25, 0.3) is 0 Å². The van der Waals surface area contributed by atoms with E-state index in [4.69, 9.17) is 4.74 Å². The van der Waals surface area contributed by atoms with E-state index in [2.05, 4.69) is 46.9 Å². The van der Waals surface area contributed by atoms with E-state index in [1.807, 2.05) is 37.3 Å². The maximum Gasteiger partial charge on any atom is 0.251 e. The van der Waals surface area contributed by atoms with Crippen molar-refractivity contribution in [2.24, 2.45) is 4.99 Å². The van der Waals surface area contributed by atoms with Crippen LogP contribution >= 0.6 is 24.0 Å². The average molecular weight is 538 g/mol. The zero-order valence-electron chi connectivity index (χ0n) is 19.1. The second kappa shape index (κ2) is 13.9. The number of carbonyl (C=O) groups is 1. The molecule has 2 aromatic carbocycles. The van der Waals surface area contributed by atoms with Gasteiger partial charge in [0.2, 0.25) is 0 Å². The first-order valence-corrected chi connectivity index (χ1v) is 10.4. The number of methoxy groups -OCH3 is 1. The molecule has 0 bridgehead atoms. The Kier molecular flexibility index (Phi) is 12.0. The number of hydrogen-bond acceptors (Lipinski definition) is 3. The largest absolute Gasteiger partial charge is 0.496 e. The van der Waals surface area contributed by atoms with Gasteiger partial charge in [0, 0.05) is 31.7 Å². The highest BCUT2D eigenvalue weighted by molar-refractivity contribution is 14.0. The lowest BCUT2D eigenvalue weighted by Crippen LogP contribution is -2.37. The molecular weight excluding hydrogens is 503 g/mol. The van der Waals surface area contributed by atoms with Crippen LogP contribution in [-0.4, -0.2) is 38.6 Å². The molecule has 0 aliphatic rings. The molecule has 0 spiro atoms.